The summed E-state index contributed by atoms with van der Waals surface area (Å²) in [6, 6.07) is 10.3. The fourth-order valence-electron chi connectivity index (χ4n) is 2.23. The van der Waals surface area contributed by atoms with Gasteiger partial charge < -0.3 is 5.32 Å². The quantitative estimate of drug-likeness (QED) is 0.553. The van der Waals surface area contributed by atoms with E-state index in [1.54, 1.807) is 0 Å². The van der Waals surface area contributed by atoms with Gasteiger partial charge in [-0.3, -0.25) is 4.79 Å². The van der Waals surface area contributed by atoms with Gasteiger partial charge in [0.15, 0.2) is 0 Å². The Morgan fingerprint density at radius 2 is 1.67 bits per heavy atom. The third kappa shape index (κ3) is 10.4. The molecule has 0 saturated carbocycles. The predicted molar refractivity (Wildman–Crippen MR) is 94.0 cm³/mol. The van der Waals surface area contributed by atoms with E-state index in [2.05, 4.69) is 24.4 Å². The van der Waals surface area contributed by atoms with Crippen LogP contribution in [-0.2, 0) is 6.42 Å². The van der Waals surface area contributed by atoms with Crippen LogP contribution in [0.25, 0.3) is 0 Å². The highest BCUT2D eigenvalue weighted by Crippen LogP contribution is 2.11. The van der Waals surface area contributed by atoms with E-state index in [-0.39, 0.29) is 5.24 Å². The van der Waals surface area contributed by atoms with Gasteiger partial charge in [0, 0.05) is 12.3 Å². The summed E-state index contributed by atoms with van der Waals surface area (Å²) in [5.41, 5.74) is 1.27. The number of carbonyl (C=O) groups is 1. The van der Waals surface area contributed by atoms with E-state index in [1.165, 1.54) is 55.9 Å². The van der Waals surface area contributed by atoms with Gasteiger partial charge in [0.05, 0.1) is 0 Å². The fraction of sp³-hybridized carbons (Fsp3) is 0.611. The molecular formula is C18H29NOS. The first-order valence-corrected chi connectivity index (χ1v) is 9.26. The second-order valence-corrected chi connectivity index (χ2v) is 6.49. The van der Waals surface area contributed by atoms with Gasteiger partial charge >= 0.3 is 0 Å². The van der Waals surface area contributed by atoms with Crippen LogP contribution in [0.2, 0.25) is 0 Å². The lowest BCUT2D eigenvalue weighted by Gasteiger charge is -2.05. The van der Waals surface area contributed by atoms with Crippen LogP contribution in [0.4, 0.5) is 4.79 Å². The molecule has 0 aromatic heterocycles. The van der Waals surface area contributed by atoms with Gasteiger partial charge in [0.2, 0.25) is 0 Å². The van der Waals surface area contributed by atoms with Gasteiger partial charge in [-0.15, -0.1) is 0 Å². The summed E-state index contributed by atoms with van der Waals surface area (Å²) in [6.07, 6.45) is 10.0. The van der Waals surface area contributed by atoms with Crippen LogP contribution in [0, 0.1) is 0 Å². The van der Waals surface area contributed by atoms with Crippen molar-refractivity contribution in [2.45, 2.75) is 58.3 Å². The molecule has 21 heavy (non-hydrogen) atoms. The van der Waals surface area contributed by atoms with Crippen LogP contribution in [-0.4, -0.2) is 17.5 Å². The Bertz CT molecular complexity index is 367. The van der Waals surface area contributed by atoms with Crippen molar-refractivity contribution in [2.24, 2.45) is 0 Å². The van der Waals surface area contributed by atoms with E-state index < -0.39 is 0 Å². The van der Waals surface area contributed by atoms with Crippen molar-refractivity contribution in [2.75, 3.05) is 12.3 Å². The molecule has 2 nitrogen and oxygen atoms in total. The Morgan fingerprint density at radius 3 is 2.38 bits per heavy atom. The zero-order valence-electron chi connectivity index (χ0n) is 13.3. The largest absolute Gasteiger partial charge is 0.347 e. The van der Waals surface area contributed by atoms with Gasteiger partial charge in [-0.2, -0.15) is 0 Å². The molecule has 0 unspecified atom stereocenters. The molecule has 0 spiro atoms. The number of amides is 1. The average Bonchev–Trinajstić information content (AvgIpc) is 2.51. The summed E-state index contributed by atoms with van der Waals surface area (Å²) in [5.74, 6) is 0.949. The first kappa shape index (κ1) is 18.1. The molecule has 0 fully saturated rings. The molecule has 0 saturated heterocycles. The minimum Gasteiger partial charge on any atom is -0.347 e. The van der Waals surface area contributed by atoms with Crippen molar-refractivity contribution in [1.29, 1.82) is 0 Å². The standard InChI is InChI=1S/C18H29NOS/c1-2-3-4-5-6-7-11-16-21-18(20)19-15-14-17-12-9-8-10-13-17/h8-10,12-13H,2-7,11,14-16H2,1H3,(H,19,20). The highest BCUT2D eigenvalue weighted by atomic mass is 32.2. The number of thioether (sulfide) groups is 1. The fourth-order valence-corrected chi connectivity index (χ4v) is 2.97. The van der Waals surface area contributed by atoms with E-state index in [9.17, 15) is 4.79 Å². The number of hydrogen-bond donors (Lipinski definition) is 1. The van der Waals surface area contributed by atoms with Gasteiger partial charge in [-0.05, 0) is 18.4 Å². The molecule has 0 bridgehead atoms. The van der Waals surface area contributed by atoms with Crippen LogP contribution < -0.4 is 5.32 Å². The monoisotopic (exact) mass is 307 g/mol. The van der Waals surface area contributed by atoms with E-state index in [1.807, 2.05) is 18.2 Å². The second-order valence-electron chi connectivity index (χ2n) is 5.42. The summed E-state index contributed by atoms with van der Waals surface area (Å²) in [5, 5.41) is 3.10. The number of carbonyl (C=O) groups excluding carboxylic acids is 1. The zero-order chi connectivity index (χ0) is 15.2. The molecule has 0 aliphatic rings. The van der Waals surface area contributed by atoms with Crippen LogP contribution >= 0.6 is 11.8 Å². The Hall–Kier alpha value is -0.960. The number of benzene rings is 1. The lowest BCUT2D eigenvalue weighted by Crippen LogP contribution is -2.21. The van der Waals surface area contributed by atoms with Gasteiger partial charge in [0.25, 0.3) is 5.24 Å². The third-order valence-corrected chi connectivity index (χ3v) is 4.41. The first-order valence-electron chi connectivity index (χ1n) is 8.27. The number of hydrogen-bond acceptors (Lipinski definition) is 2. The summed E-state index contributed by atoms with van der Waals surface area (Å²) in [7, 11) is 0. The van der Waals surface area contributed by atoms with Crippen LogP contribution in [0.3, 0.4) is 0 Å². The average molecular weight is 308 g/mol. The van der Waals surface area contributed by atoms with E-state index >= 15 is 0 Å². The van der Waals surface area contributed by atoms with Gasteiger partial charge in [-0.1, -0.05) is 87.5 Å². The Kier molecular flexibility index (Phi) is 11.0. The maximum atomic E-state index is 11.7. The highest BCUT2D eigenvalue weighted by Gasteiger charge is 2.01. The molecule has 1 amide bonds. The molecule has 0 heterocycles. The molecule has 1 rings (SSSR count). The van der Waals surface area contributed by atoms with Crippen LogP contribution in [0.1, 0.15) is 57.4 Å². The summed E-state index contributed by atoms with van der Waals surface area (Å²) in [6.45, 7) is 2.97. The smallest absolute Gasteiger partial charge is 0.279 e. The number of rotatable bonds is 11. The molecule has 0 aliphatic heterocycles. The van der Waals surface area contributed by atoms with Gasteiger partial charge in [-0.25, -0.2) is 0 Å². The highest BCUT2D eigenvalue weighted by molar-refractivity contribution is 8.13. The molecular weight excluding hydrogens is 278 g/mol. The van der Waals surface area contributed by atoms with Crippen LogP contribution in [0.15, 0.2) is 30.3 Å². The molecule has 1 aromatic carbocycles. The molecule has 0 atom stereocenters. The Morgan fingerprint density at radius 1 is 1.00 bits per heavy atom. The minimum atomic E-state index is 0.122. The SMILES string of the molecule is CCCCCCCCCSC(=O)NCCc1ccccc1. The van der Waals surface area contributed by atoms with Gasteiger partial charge in [0.1, 0.15) is 0 Å². The second kappa shape index (κ2) is 12.8. The minimum absolute atomic E-state index is 0.122. The topological polar surface area (TPSA) is 29.1 Å². The van der Waals surface area contributed by atoms with Crippen molar-refractivity contribution >= 4 is 17.0 Å². The molecule has 1 aromatic rings. The Balaban J connectivity index is 1.90. The van der Waals surface area contributed by atoms with Crippen molar-refractivity contribution < 1.29 is 4.79 Å². The maximum absolute atomic E-state index is 11.7. The van der Waals surface area contributed by atoms with E-state index in [0.717, 1.165) is 25.1 Å². The van der Waals surface area contributed by atoms with Crippen molar-refractivity contribution in [1.82, 2.24) is 5.32 Å². The third-order valence-electron chi connectivity index (χ3n) is 3.51. The summed E-state index contributed by atoms with van der Waals surface area (Å²) >= 11 is 1.43. The summed E-state index contributed by atoms with van der Waals surface area (Å²) < 4.78 is 0. The van der Waals surface area contributed by atoms with Crippen LogP contribution in [0.5, 0.6) is 0 Å². The molecule has 118 valence electrons. The lowest BCUT2D eigenvalue weighted by molar-refractivity contribution is 0.261. The van der Waals surface area contributed by atoms with E-state index in [0.29, 0.717) is 0 Å². The molecule has 1 N–H and O–H groups in total. The summed E-state index contributed by atoms with van der Waals surface area (Å²) in [4.78, 5) is 11.7. The van der Waals surface area contributed by atoms with Crippen molar-refractivity contribution in [3.63, 3.8) is 0 Å². The molecule has 0 aliphatic carbocycles. The molecule has 3 heteroatoms. The zero-order valence-corrected chi connectivity index (χ0v) is 14.1. The van der Waals surface area contributed by atoms with Crippen molar-refractivity contribution in [3.05, 3.63) is 35.9 Å². The number of unbranched alkanes of at least 4 members (excludes halogenated alkanes) is 6. The number of nitrogens with one attached hydrogen (secondary N) is 1. The normalized spacial score (nSPS) is 10.5. The van der Waals surface area contributed by atoms with E-state index in [4.69, 9.17) is 0 Å². The Labute approximate surface area is 134 Å². The first-order chi connectivity index (χ1) is 10.3. The van der Waals surface area contributed by atoms with Crippen molar-refractivity contribution in [3.8, 4) is 0 Å². The predicted octanol–water partition coefficient (Wildman–Crippen LogP) is 5.42. The molecule has 0 radical (unpaired) electrons. The lowest BCUT2D eigenvalue weighted by atomic mass is 10.1. The maximum Gasteiger partial charge on any atom is 0.279 e.